The first-order valence-electron chi connectivity index (χ1n) is 4.73. The molecule has 4 heteroatoms. The highest BCUT2D eigenvalue weighted by molar-refractivity contribution is 7.99. The average Bonchev–Trinajstić information content (AvgIpc) is 2.69. The molecule has 1 atom stereocenters. The van der Waals surface area contributed by atoms with Gasteiger partial charge in [0.25, 0.3) is 0 Å². The molecule has 14 heavy (non-hydrogen) atoms. The van der Waals surface area contributed by atoms with Crippen LogP contribution in [-0.2, 0) is 4.79 Å². The fraction of sp³-hybridized carbons (Fsp3) is 0.700. The van der Waals surface area contributed by atoms with E-state index < -0.39 is 0 Å². The lowest BCUT2D eigenvalue weighted by Crippen LogP contribution is -2.42. The molecule has 1 heterocycles. The van der Waals surface area contributed by atoms with Crippen LogP contribution in [-0.4, -0.2) is 48.5 Å². The number of nitrogens with zero attached hydrogens (tertiary/aromatic N) is 1. The Bertz CT molecular complexity index is 231. The van der Waals surface area contributed by atoms with E-state index in [4.69, 9.17) is 6.42 Å². The van der Waals surface area contributed by atoms with Gasteiger partial charge in [0.15, 0.2) is 0 Å². The number of nitrogens with one attached hydrogen (secondary N) is 1. The van der Waals surface area contributed by atoms with E-state index in [0.29, 0.717) is 19.1 Å². The van der Waals surface area contributed by atoms with Crippen LogP contribution in [0.2, 0.25) is 0 Å². The van der Waals surface area contributed by atoms with Crippen molar-refractivity contribution in [2.45, 2.75) is 12.5 Å². The number of rotatable bonds is 4. The molecular weight excluding hydrogens is 196 g/mol. The van der Waals surface area contributed by atoms with Crippen molar-refractivity contribution in [2.24, 2.45) is 0 Å². The van der Waals surface area contributed by atoms with Crippen molar-refractivity contribution in [3.05, 3.63) is 0 Å². The Morgan fingerprint density at radius 1 is 1.79 bits per heavy atom. The van der Waals surface area contributed by atoms with Gasteiger partial charge in [0.2, 0.25) is 5.91 Å². The maximum absolute atomic E-state index is 11.6. The van der Waals surface area contributed by atoms with E-state index >= 15 is 0 Å². The summed E-state index contributed by atoms with van der Waals surface area (Å²) in [5.74, 6) is 4.81. The van der Waals surface area contributed by atoms with Crippen molar-refractivity contribution < 1.29 is 4.79 Å². The minimum absolute atomic E-state index is 0.132. The molecule has 3 nitrogen and oxygen atoms in total. The topological polar surface area (TPSA) is 32.3 Å². The molecule has 0 spiro atoms. The van der Waals surface area contributed by atoms with Crippen LogP contribution >= 0.6 is 11.8 Å². The third-order valence-electron chi connectivity index (χ3n) is 2.35. The smallest absolute Gasteiger partial charge is 0.236 e. The van der Waals surface area contributed by atoms with Crippen LogP contribution in [0.5, 0.6) is 0 Å². The van der Waals surface area contributed by atoms with Gasteiger partial charge in [0.1, 0.15) is 0 Å². The normalized spacial score (nSPS) is 20.4. The highest BCUT2D eigenvalue weighted by Crippen LogP contribution is 2.21. The maximum atomic E-state index is 11.6. The summed E-state index contributed by atoms with van der Waals surface area (Å²) in [4.78, 5) is 13.4. The highest BCUT2D eigenvalue weighted by Gasteiger charge is 2.23. The first-order chi connectivity index (χ1) is 6.75. The molecule has 0 aromatic rings. The van der Waals surface area contributed by atoms with Crippen molar-refractivity contribution >= 4 is 17.7 Å². The van der Waals surface area contributed by atoms with Crippen molar-refractivity contribution in [3.8, 4) is 12.3 Å². The zero-order valence-electron chi connectivity index (χ0n) is 8.45. The summed E-state index contributed by atoms with van der Waals surface area (Å²) in [7, 11) is 1.87. The minimum Gasteiger partial charge on any atom is -0.341 e. The van der Waals surface area contributed by atoms with Gasteiger partial charge in [-0.25, -0.2) is 0 Å². The van der Waals surface area contributed by atoms with Crippen LogP contribution in [0.3, 0.4) is 0 Å². The fourth-order valence-corrected chi connectivity index (χ4v) is 2.67. The van der Waals surface area contributed by atoms with Crippen molar-refractivity contribution in [2.75, 3.05) is 31.6 Å². The Morgan fingerprint density at radius 3 is 3.14 bits per heavy atom. The number of hydrogen-bond donors (Lipinski definition) is 1. The second-order valence-electron chi connectivity index (χ2n) is 3.33. The first kappa shape index (κ1) is 11.4. The van der Waals surface area contributed by atoms with E-state index in [-0.39, 0.29) is 5.91 Å². The number of amides is 1. The number of thioether (sulfide) groups is 1. The molecule has 1 rings (SSSR count). The molecule has 1 aliphatic heterocycles. The highest BCUT2D eigenvalue weighted by atomic mass is 32.2. The number of carbonyl (C=O) groups is 1. The van der Waals surface area contributed by atoms with Crippen molar-refractivity contribution in [1.82, 2.24) is 10.2 Å². The molecule has 0 radical (unpaired) electrons. The minimum atomic E-state index is 0.132. The van der Waals surface area contributed by atoms with Gasteiger partial charge in [-0.2, -0.15) is 11.8 Å². The molecule has 0 aliphatic carbocycles. The van der Waals surface area contributed by atoms with Crippen molar-refractivity contribution in [3.63, 3.8) is 0 Å². The fourth-order valence-electron chi connectivity index (χ4n) is 1.40. The third-order valence-corrected chi connectivity index (χ3v) is 3.49. The lowest BCUT2D eigenvalue weighted by molar-refractivity contribution is -0.130. The summed E-state index contributed by atoms with van der Waals surface area (Å²) in [6.45, 7) is 0.806. The second-order valence-corrected chi connectivity index (χ2v) is 4.48. The zero-order chi connectivity index (χ0) is 10.4. The average molecular weight is 212 g/mol. The third kappa shape index (κ3) is 3.24. The number of likely N-dealkylation sites (N-methyl/N-ethyl adjacent to an activating group) is 1. The summed E-state index contributed by atoms with van der Waals surface area (Å²) < 4.78 is 0. The van der Waals surface area contributed by atoms with Gasteiger partial charge in [-0.1, -0.05) is 5.92 Å². The van der Waals surface area contributed by atoms with Crippen LogP contribution in [0.4, 0.5) is 0 Å². The summed E-state index contributed by atoms with van der Waals surface area (Å²) in [6, 6.07) is 0.417. The Balaban J connectivity index is 2.25. The predicted octanol–water partition coefficient (Wildman–Crippen LogP) is 0.173. The first-order valence-corrected chi connectivity index (χ1v) is 5.88. The molecule has 0 aromatic carbocycles. The van der Waals surface area contributed by atoms with Crippen LogP contribution in [0, 0.1) is 12.3 Å². The quantitative estimate of drug-likeness (QED) is 0.533. The van der Waals surface area contributed by atoms with E-state index in [1.807, 2.05) is 23.7 Å². The van der Waals surface area contributed by atoms with Gasteiger partial charge in [-0.3, -0.25) is 10.1 Å². The van der Waals surface area contributed by atoms with Gasteiger partial charge in [-0.05, 0) is 12.2 Å². The van der Waals surface area contributed by atoms with Gasteiger partial charge in [-0.15, -0.1) is 6.42 Å². The number of terminal acetylenes is 1. The monoisotopic (exact) mass is 212 g/mol. The molecule has 0 bridgehead atoms. The van der Waals surface area contributed by atoms with E-state index in [2.05, 4.69) is 11.2 Å². The van der Waals surface area contributed by atoms with Gasteiger partial charge < -0.3 is 4.90 Å². The standard InChI is InChI=1S/C10H16N2OS/c1-3-5-11-7-10(13)12(2)9-4-6-14-8-9/h1,9,11H,4-8H2,2H3. The number of hydrogen-bond acceptors (Lipinski definition) is 3. The zero-order valence-corrected chi connectivity index (χ0v) is 9.27. The molecule has 0 saturated carbocycles. The Labute approximate surface area is 89.6 Å². The molecule has 0 aromatic heterocycles. The van der Waals surface area contributed by atoms with E-state index in [1.165, 1.54) is 5.75 Å². The predicted molar refractivity (Wildman–Crippen MR) is 60.2 cm³/mol. The summed E-state index contributed by atoms with van der Waals surface area (Å²) in [6.07, 6.45) is 6.19. The van der Waals surface area contributed by atoms with Crippen molar-refractivity contribution in [1.29, 1.82) is 0 Å². The maximum Gasteiger partial charge on any atom is 0.236 e. The van der Waals surface area contributed by atoms with E-state index in [1.54, 1.807) is 0 Å². The lowest BCUT2D eigenvalue weighted by Gasteiger charge is -2.23. The summed E-state index contributed by atoms with van der Waals surface area (Å²) >= 11 is 1.91. The van der Waals surface area contributed by atoms with E-state index in [0.717, 1.165) is 12.2 Å². The van der Waals surface area contributed by atoms with Gasteiger partial charge in [0, 0.05) is 18.8 Å². The molecule has 1 amide bonds. The molecule has 1 unspecified atom stereocenters. The Hall–Kier alpha value is -0.660. The van der Waals surface area contributed by atoms with Crippen LogP contribution in [0.15, 0.2) is 0 Å². The van der Waals surface area contributed by atoms with Crippen LogP contribution in [0.25, 0.3) is 0 Å². The largest absolute Gasteiger partial charge is 0.341 e. The second kappa shape index (κ2) is 5.94. The summed E-state index contributed by atoms with van der Waals surface area (Å²) in [5, 5.41) is 2.91. The summed E-state index contributed by atoms with van der Waals surface area (Å²) in [5.41, 5.74) is 0. The van der Waals surface area contributed by atoms with Gasteiger partial charge >= 0.3 is 0 Å². The molecule has 78 valence electrons. The molecule has 1 N–H and O–H groups in total. The molecular formula is C10H16N2OS. The lowest BCUT2D eigenvalue weighted by atomic mass is 10.2. The van der Waals surface area contributed by atoms with E-state index in [9.17, 15) is 4.79 Å². The Morgan fingerprint density at radius 2 is 2.57 bits per heavy atom. The Kier molecular flexibility index (Phi) is 4.85. The number of carbonyl (C=O) groups excluding carboxylic acids is 1. The van der Waals surface area contributed by atoms with Crippen LogP contribution in [0.1, 0.15) is 6.42 Å². The van der Waals surface area contributed by atoms with Crippen LogP contribution < -0.4 is 5.32 Å². The SMILES string of the molecule is C#CCNCC(=O)N(C)C1CCSC1. The molecule has 1 fully saturated rings. The molecule has 1 saturated heterocycles. The molecule has 1 aliphatic rings. The van der Waals surface area contributed by atoms with Gasteiger partial charge in [0.05, 0.1) is 13.1 Å².